The van der Waals surface area contributed by atoms with Crippen molar-refractivity contribution in [2.24, 2.45) is 22.4 Å². The third-order valence-electron chi connectivity index (χ3n) is 4.87. The zero-order valence-electron chi connectivity index (χ0n) is 11.5. The molecule has 0 aromatic rings. The maximum atomic E-state index is 10.7. The van der Waals surface area contributed by atoms with Gasteiger partial charge in [0, 0.05) is 0 Å². The van der Waals surface area contributed by atoms with Gasteiger partial charge in [-0.1, -0.05) is 32.4 Å². The molecule has 0 aromatic heterocycles. The van der Waals surface area contributed by atoms with Gasteiger partial charge >= 0.3 is 0 Å². The van der Waals surface area contributed by atoms with E-state index in [4.69, 9.17) is 0 Å². The lowest BCUT2D eigenvalue weighted by Crippen LogP contribution is -2.27. The van der Waals surface area contributed by atoms with Gasteiger partial charge in [0.05, 0.1) is 5.54 Å². The van der Waals surface area contributed by atoms with Crippen molar-refractivity contribution in [2.45, 2.75) is 72.3 Å². The average Bonchev–Trinajstić information content (AvgIpc) is 2.54. The fourth-order valence-electron chi connectivity index (χ4n) is 2.83. The molecule has 2 unspecified atom stereocenters. The first kappa shape index (κ1) is 13.7. The van der Waals surface area contributed by atoms with Gasteiger partial charge in [0.15, 0.2) is 0 Å². The van der Waals surface area contributed by atoms with Gasteiger partial charge in [-0.15, -0.1) is 0 Å². The molecule has 0 bridgehead atoms. The molecule has 0 aliphatic heterocycles. The Hall–Kier alpha value is -0.400. The van der Waals surface area contributed by atoms with Crippen LogP contribution in [0.5, 0.6) is 0 Å². The third-order valence-corrected chi connectivity index (χ3v) is 4.87. The molecule has 2 nitrogen and oxygen atoms in total. The molecular formula is C14H27NO. The summed E-state index contributed by atoms with van der Waals surface area (Å²) in [4.78, 5) is 10.7. The lowest BCUT2D eigenvalue weighted by atomic mass is 9.76. The quantitative estimate of drug-likeness (QED) is 0.619. The van der Waals surface area contributed by atoms with Gasteiger partial charge in [-0.05, 0) is 56.8 Å². The fraction of sp³-hybridized carbons (Fsp3) is 1.00. The highest BCUT2D eigenvalue weighted by Gasteiger charge is 2.35. The largest absolute Gasteiger partial charge is 0.150 e. The van der Waals surface area contributed by atoms with E-state index in [9.17, 15) is 4.91 Å². The van der Waals surface area contributed by atoms with Crippen molar-refractivity contribution >= 4 is 0 Å². The predicted octanol–water partition coefficient (Wildman–Crippen LogP) is 4.77. The molecule has 0 amide bonds. The fourth-order valence-corrected chi connectivity index (χ4v) is 2.83. The first-order valence-corrected chi connectivity index (χ1v) is 6.64. The molecule has 1 rings (SSSR count). The highest BCUT2D eigenvalue weighted by molar-refractivity contribution is 4.88. The van der Waals surface area contributed by atoms with E-state index in [0.29, 0.717) is 11.3 Å². The molecule has 0 radical (unpaired) electrons. The number of rotatable bonds is 5. The zero-order chi connectivity index (χ0) is 12.4. The van der Waals surface area contributed by atoms with Crippen molar-refractivity contribution in [1.82, 2.24) is 0 Å². The van der Waals surface area contributed by atoms with Gasteiger partial charge in [0.25, 0.3) is 0 Å². The Bertz CT molecular complexity index is 245. The van der Waals surface area contributed by atoms with E-state index in [1.54, 1.807) is 0 Å². The molecule has 16 heavy (non-hydrogen) atoms. The molecule has 0 spiro atoms. The van der Waals surface area contributed by atoms with Gasteiger partial charge in [0.1, 0.15) is 0 Å². The highest BCUT2D eigenvalue weighted by Crippen LogP contribution is 2.45. The van der Waals surface area contributed by atoms with Crippen LogP contribution in [-0.4, -0.2) is 5.54 Å². The van der Waals surface area contributed by atoms with E-state index in [1.807, 2.05) is 13.8 Å². The van der Waals surface area contributed by atoms with Crippen molar-refractivity contribution in [3.8, 4) is 0 Å². The maximum absolute atomic E-state index is 10.7. The number of hydrogen-bond acceptors (Lipinski definition) is 2. The molecule has 1 saturated carbocycles. The molecule has 94 valence electrons. The maximum Gasteiger partial charge on any atom is 0.0996 e. The molecule has 0 aromatic carbocycles. The summed E-state index contributed by atoms with van der Waals surface area (Å²) < 4.78 is 0. The smallest absolute Gasteiger partial charge is 0.0996 e. The minimum atomic E-state index is -0.400. The van der Waals surface area contributed by atoms with Crippen LogP contribution in [0.4, 0.5) is 0 Å². The van der Waals surface area contributed by atoms with Crippen molar-refractivity contribution in [2.75, 3.05) is 0 Å². The monoisotopic (exact) mass is 225 g/mol. The first-order valence-electron chi connectivity index (χ1n) is 6.64. The van der Waals surface area contributed by atoms with E-state index in [1.165, 1.54) is 25.7 Å². The Morgan fingerprint density at radius 2 is 2.06 bits per heavy atom. The van der Waals surface area contributed by atoms with E-state index >= 15 is 0 Å². The molecule has 1 fully saturated rings. The third kappa shape index (κ3) is 3.05. The first-order chi connectivity index (χ1) is 7.29. The number of nitroso groups, excluding NO2 is 1. The SMILES string of the molecule is CC(CCC1CCCC1(C)C)C(C)(C)N=O. The van der Waals surface area contributed by atoms with Crippen LogP contribution in [-0.2, 0) is 0 Å². The zero-order valence-corrected chi connectivity index (χ0v) is 11.5. The normalized spacial score (nSPS) is 26.7. The van der Waals surface area contributed by atoms with E-state index in [-0.39, 0.29) is 0 Å². The average molecular weight is 225 g/mol. The van der Waals surface area contributed by atoms with Gasteiger partial charge in [-0.2, -0.15) is 4.91 Å². The van der Waals surface area contributed by atoms with Crippen LogP contribution in [0.15, 0.2) is 5.18 Å². The number of hydrogen-bond donors (Lipinski definition) is 0. The summed E-state index contributed by atoms with van der Waals surface area (Å²) in [7, 11) is 0. The van der Waals surface area contributed by atoms with Crippen molar-refractivity contribution in [3.05, 3.63) is 4.91 Å². The summed E-state index contributed by atoms with van der Waals surface area (Å²) in [6.07, 6.45) is 6.50. The molecule has 2 atom stereocenters. The van der Waals surface area contributed by atoms with Crippen molar-refractivity contribution in [3.63, 3.8) is 0 Å². The standard InChI is InChI=1S/C14H27NO/c1-11(14(4,5)15-16)8-9-12-7-6-10-13(12,2)3/h11-12H,6-10H2,1-5H3. The highest BCUT2D eigenvalue weighted by atomic mass is 16.3. The van der Waals surface area contributed by atoms with Crippen LogP contribution >= 0.6 is 0 Å². The summed E-state index contributed by atoms with van der Waals surface area (Å²) in [5.41, 5.74) is 0.112. The topological polar surface area (TPSA) is 29.4 Å². The minimum absolute atomic E-state index is 0.390. The van der Waals surface area contributed by atoms with Crippen LogP contribution in [0, 0.1) is 22.2 Å². The summed E-state index contributed by atoms with van der Waals surface area (Å²) in [5.74, 6) is 1.24. The van der Waals surface area contributed by atoms with Gasteiger partial charge in [0.2, 0.25) is 0 Å². The van der Waals surface area contributed by atoms with Crippen LogP contribution in [0.25, 0.3) is 0 Å². The van der Waals surface area contributed by atoms with Crippen LogP contribution in [0.2, 0.25) is 0 Å². The number of nitrogens with zero attached hydrogens (tertiary/aromatic N) is 1. The Morgan fingerprint density at radius 1 is 1.44 bits per heavy atom. The van der Waals surface area contributed by atoms with Crippen molar-refractivity contribution in [1.29, 1.82) is 0 Å². The molecule has 0 heterocycles. The minimum Gasteiger partial charge on any atom is -0.150 e. The predicted molar refractivity (Wildman–Crippen MR) is 69.4 cm³/mol. The second kappa shape index (κ2) is 4.85. The Labute approximate surface area is 100 Å². The molecule has 2 heteroatoms. The Morgan fingerprint density at radius 3 is 2.50 bits per heavy atom. The van der Waals surface area contributed by atoms with Crippen LogP contribution < -0.4 is 0 Å². The van der Waals surface area contributed by atoms with E-state index < -0.39 is 5.54 Å². The van der Waals surface area contributed by atoms with Crippen molar-refractivity contribution < 1.29 is 0 Å². The molecule has 1 aliphatic carbocycles. The summed E-state index contributed by atoms with van der Waals surface area (Å²) in [5, 5.41) is 3.25. The lowest BCUT2D eigenvalue weighted by Gasteiger charge is -2.30. The Balaban J connectivity index is 2.43. The molecule has 0 saturated heterocycles. The summed E-state index contributed by atoms with van der Waals surface area (Å²) >= 11 is 0. The van der Waals surface area contributed by atoms with Crippen LogP contribution in [0.1, 0.15) is 66.7 Å². The molecular weight excluding hydrogens is 198 g/mol. The van der Waals surface area contributed by atoms with Gasteiger partial charge in [-0.25, -0.2) is 0 Å². The second-order valence-corrected chi connectivity index (χ2v) is 6.80. The molecule has 0 N–H and O–H groups in total. The second-order valence-electron chi connectivity index (χ2n) is 6.80. The van der Waals surface area contributed by atoms with Crippen LogP contribution in [0.3, 0.4) is 0 Å². The van der Waals surface area contributed by atoms with Gasteiger partial charge < -0.3 is 0 Å². The van der Waals surface area contributed by atoms with E-state index in [0.717, 1.165) is 12.3 Å². The van der Waals surface area contributed by atoms with E-state index in [2.05, 4.69) is 25.9 Å². The van der Waals surface area contributed by atoms with Gasteiger partial charge in [-0.3, -0.25) is 0 Å². The summed E-state index contributed by atoms with van der Waals surface area (Å²) in [6, 6.07) is 0. The Kier molecular flexibility index (Phi) is 4.14. The molecule has 1 aliphatic rings. The summed E-state index contributed by atoms with van der Waals surface area (Å²) in [6.45, 7) is 10.8. The lowest BCUT2D eigenvalue weighted by molar-refractivity contribution is 0.214.